The van der Waals surface area contributed by atoms with E-state index < -0.39 is 30.1 Å². The SMILES string of the molecule is C[C@H]1C/C=C/C(=O)[C@@H](O)[C@@H](O)C/C=C/c2cc(OI)cc(O)c2C(=O)O1. The summed E-state index contributed by atoms with van der Waals surface area (Å²) in [5.74, 6) is -1.31. The van der Waals surface area contributed by atoms with Crippen LogP contribution in [0.2, 0.25) is 0 Å². The number of rotatable bonds is 1. The zero-order valence-corrected chi connectivity index (χ0v) is 16.1. The third-order valence-electron chi connectivity index (χ3n) is 3.80. The molecule has 0 saturated carbocycles. The summed E-state index contributed by atoms with van der Waals surface area (Å²) in [5, 5.41) is 30.0. The lowest BCUT2D eigenvalue weighted by Crippen LogP contribution is -2.32. The highest BCUT2D eigenvalue weighted by molar-refractivity contribution is 14.1. The number of phenols is 1. The number of carbonyl (C=O) groups is 2. The summed E-state index contributed by atoms with van der Waals surface area (Å²) in [5.41, 5.74) is 0.298. The van der Waals surface area contributed by atoms with E-state index in [1.165, 1.54) is 30.4 Å². The maximum absolute atomic E-state index is 12.4. The Balaban J connectivity index is 2.45. The third kappa shape index (κ3) is 5.05. The van der Waals surface area contributed by atoms with Crippen LogP contribution in [0.5, 0.6) is 11.5 Å². The van der Waals surface area contributed by atoms with Crippen LogP contribution in [0.25, 0.3) is 6.08 Å². The van der Waals surface area contributed by atoms with Crippen molar-refractivity contribution in [3.8, 4) is 11.5 Å². The summed E-state index contributed by atoms with van der Waals surface area (Å²) in [4.78, 5) is 24.3. The molecule has 3 atom stereocenters. The van der Waals surface area contributed by atoms with Gasteiger partial charge < -0.3 is 23.1 Å². The summed E-state index contributed by atoms with van der Waals surface area (Å²) in [6.45, 7) is 1.64. The number of benzene rings is 1. The molecule has 0 aromatic heterocycles. The van der Waals surface area contributed by atoms with E-state index in [1.807, 2.05) is 0 Å². The first-order valence-electron chi connectivity index (χ1n) is 7.93. The summed E-state index contributed by atoms with van der Waals surface area (Å²) in [6.07, 6.45) is 2.40. The van der Waals surface area contributed by atoms with Crippen LogP contribution >= 0.6 is 23.0 Å². The van der Waals surface area contributed by atoms with Gasteiger partial charge in [-0.25, -0.2) is 4.79 Å². The van der Waals surface area contributed by atoms with Crippen LogP contribution in [-0.4, -0.2) is 45.4 Å². The Kier molecular flexibility index (Phi) is 7.18. The summed E-state index contributed by atoms with van der Waals surface area (Å²) >= 11 is 1.64. The largest absolute Gasteiger partial charge is 0.507 e. The van der Waals surface area contributed by atoms with Crippen molar-refractivity contribution in [1.82, 2.24) is 0 Å². The Labute approximate surface area is 164 Å². The zero-order chi connectivity index (χ0) is 19.3. The van der Waals surface area contributed by atoms with E-state index in [-0.39, 0.29) is 24.2 Å². The van der Waals surface area contributed by atoms with E-state index in [4.69, 9.17) is 7.80 Å². The summed E-state index contributed by atoms with van der Waals surface area (Å²) < 4.78 is 10.4. The average Bonchev–Trinajstić information content (AvgIpc) is 2.59. The molecule has 3 N–H and O–H groups in total. The molecule has 140 valence electrons. The van der Waals surface area contributed by atoms with Gasteiger partial charge in [-0.3, -0.25) is 4.79 Å². The maximum Gasteiger partial charge on any atom is 0.342 e. The highest BCUT2D eigenvalue weighted by Crippen LogP contribution is 2.31. The molecule has 1 aliphatic heterocycles. The minimum atomic E-state index is -1.55. The number of ketones is 1. The van der Waals surface area contributed by atoms with Crippen molar-refractivity contribution in [2.24, 2.45) is 0 Å². The number of hydrogen-bond acceptors (Lipinski definition) is 7. The fourth-order valence-corrected chi connectivity index (χ4v) is 2.69. The Hall–Kier alpha value is -1.91. The monoisotopic (exact) mass is 474 g/mol. The van der Waals surface area contributed by atoms with Gasteiger partial charge in [0.25, 0.3) is 0 Å². The van der Waals surface area contributed by atoms with Crippen LogP contribution in [0.4, 0.5) is 0 Å². The number of phenolic OH excluding ortho intramolecular Hbond substituents is 1. The number of aliphatic hydroxyl groups is 2. The lowest BCUT2D eigenvalue weighted by molar-refractivity contribution is -0.127. The van der Waals surface area contributed by atoms with E-state index >= 15 is 0 Å². The van der Waals surface area contributed by atoms with Crippen molar-refractivity contribution in [3.05, 3.63) is 41.5 Å². The van der Waals surface area contributed by atoms with E-state index in [0.717, 1.165) is 6.08 Å². The number of esters is 1. The van der Waals surface area contributed by atoms with E-state index in [2.05, 4.69) is 0 Å². The molecule has 1 heterocycles. The second-order valence-electron chi connectivity index (χ2n) is 5.89. The van der Waals surface area contributed by atoms with Gasteiger partial charge >= 0.3 is 5.97 Å². The molecule has 0 bridgehead atoms. The molecule has 1 aromatic rings. The quantitative estimate of drug-likeness (QED) is 0.423. The highest BCUT2D eigenvalue weighted by atomic mass is 127. The smallest absolute Gasteiger partial charge is 0.342 e. The molecule has 0 unspecified atom stereocenters. The first kappa shape index (κ1) is 20.4. The minimum absolute atomic E-state index is 0.0261. The molecule has 0 radical (unpaired) electrons. The fourth-order valence-electron chi connectivity index (χ4n) is 2.44. The first-order chi connectivity index (χ1) is 12.3. The standard InChI is InChI=1S/C18H19IO7/c1-10-4-2-6-13(20)17(23)14(21)7-3-5-11-8-12(26-19)9-15(22)16(11)18(24)25-10/h2-3,5-6,8-10,14,17,21-23H,4,7H2,1H3/b5-3+,6-2+/t10-,14-,17+/m0/s1. The number of aliphatic hydroxyl groups excluding tert-OH is 2. The van der Waals surface area contributed by atoms with Gasteiger partial charge in [-0.2, -0.15) is 0 Å². The van der Waals surface area contributed by atoms with Crippen molar-refractivity contribution < 1.29 is 32.7 Å². The van der Waals surface area contributed by atoms with Crippen molar-refractivity contribution in [2.75, 3.05) is 0 Å². The van der Waals surface area contributed by atoms with Gasteiger partial charge in [-0.05, 0) is 31.1 Å². The number of carbonyl (C=O) groups excluding carboxylic acids is 2. The Bertz CT molecular complexity index is 741. The maximum atomic E-state index is 12.4. The Morgan fingerprint density at radius 1 is 1.15 bits per heavy atom. The molecule has 7 nitrogen and oxygen atoms in total. The number of halogens is 1. The van der Waals surface area contributed by atoms with E-state index in [9.17, 15) is 24.9 Å². The molecule has 0 amide bonds. The topological polar surface area (TPSA) is 113 Å². The fraction of sp³-hybridized carbons (Fsp3) is 0.333. The van der Waals surface area contributed by atoms with E-state index in [0.29, 0.717) is 11.3 Å². The molecule has 0 fully saturated rings. The predicted molar refractivity (Wildman–Crippen MR) is 102 cm³/mol. The van der Waals surface area contributed by atoms with Gasteiger partial charge in [-0.15, -0.1) is 0 Å². The van der Waals surface area contributed by atoms with Crippen molar-refractivity contribution in [1.29, 1.82) is 0 Å². The Morgan fingerprint density at radius 3 is 2.54 bits per heavy atom. The number of hydrogen-bond donors (Lipinski definition) is 3. The van der Waals surface area contributed by atoms with Crippen molar-refractivity contribution >= 4 is 40.8 Å². The second-order valence-corrected chi connectivity index (χ2v) is 6.33. The predicted octanol–water partition coefficient (Wildman–Crippen LogP) is 2.32. The van der Waals surface area contributed by atoms with Crippen LogP contribution in [-0.2, 0) is 9.53 Å². The lowest BCUT2D eigenvalue weighted by atomic mass is 10.0. The van der Waals surface area contributed by atoms with Crippen molar-refractivity contribution in [3.63, 3.8) is 0 Å². The molecule has 2 rings (SSSR count). The normalized spacial score (nSPS) is 27.0. The lowest BCUT2D eigenvalue weighted by Gasteiger charge is -2.16. The molecule has 0 spiro atoms. The van der Waals surface area contributed by atoms with Crippen LogP contribution in [0.15, 0.2) is 30.4 Å². The minimum Gasteiger partial charge on any atom is -0.507 e. The number of ether oxygens (including phenoxy) is 1. The van der Waals surface area contributed by atoms with Gasteiger partial charge in [-0.1, -0.05) is 18.2 Å². The first-order valence-corrected chi connectivity index (χ1v) is 8.81. The molecule has 26 heavy (non-hydrogen) atoms. The van der Waals surface area contributed by atoms with Gasteiger partial charge in [0.15, 0.2) is 28.8 Å². The van der Waals surface area contributed by atoms with Gasteiger partial charge in [0.2, 0.25) is 0 Å². The Morgan fingerprint density at radius 2 is 1.85 bits per heavy atom. The average molecular weight is 474 g/mol. The van der Waals surface area contributed by atoms with Crippen LogP contribution < -0.4 is 3.07 Å². The molecule has 1 aromatic carbocycles. The second kappa shape index (κ2) is 9.15. The van der Waals surface area contributed by atoms with Crippen LogP contribution in [0.1, 0.15) is 35.7 Å². The molecular formula is C18H19IO7. The molecule has 8 heteroatoms. The highest BCUT2D eigenvalue weighted by Gasteiger charge is 2.23. The molecule has 0 saturated heterocycles. The van der Waals surface area contributed by atoms with Crippen LogP contribution in [0.3, 0.4) is 0 Å². The van der Waals surface area contributed by atoms with Crippen LogP contribution in [0, 0.1) is 0 Å². The molecular weight excluding hydrogens is 455 g/mol. The zero-order valence-electron chi connectivity index (χ0n) is 14.0. The van der Waals surface area contributed by atoms with Gasteiger partial charge in [0.1, 0.15) is 29.3 Å². The number of fused-ring (bicyclic) bond motifs is 1. The summed E-state index contributed by atoms with van der Waals surface area (Å²) in [6, 6.07) is 2.83. The van der Waals surface area contributed by atoms with E-state index in [1.54, 1.807) is 29.9 Å². The van der Waals surface area contributed by atoms with Gasteiger partial charge in [0, 0.05) is 12.5 Å². The number of aromatic hydroxyl groups is 1. The molecule has 1 aliphatic rings. The summed E-state index contributed by atoms with van der Waals surface area (Å²) in [7, 11) is 0. The number of cyclic esters (lactones) is 1. The third-order valence-corrected chi connectivity index (χ3v) is 4.31. The van der Waals surface area contributed by atoms with Crippen molar-refractivity contribution in [2.45, 2.75) is 38.1 Å². The van der Waals surface area contributed by atoms with Gasteiger partial charge in [0.05, 0.1) is 6.10 Å². The molecule has 0 aliphatic carbocycles.